The molecule has 0 aromatic heterocycles. The molecule has 2 heterocycles. The lowest BCUT2D eigenvalue weighted by atomic mass is 9.49. The highest BCUT2D eigenvalue weighted by Gasteiger charge is 2.55. The van der Waals surface area contributed by atoms with Crippen LogP contribution in [0.5, 0.6) is 0 Å². The van der Waals surface area contributed by atoms with E-state index in [1.807, 2.05) is 26.2 Å². The van der Waals surface area contributed by atoms with E-state index in [-0.39, 0.29) is 11.1 Å². The SMILES string of the molecule is CB(C)c1ccc2c(c1)S(C)(C)c1cc(N(C)C)ccc1C21OC(=O)c2c(C(=O)O)cccc21. The van der Waals surface area contributed by atoms with Crippen LogP contribution in [0, 0.1) is 0 Å². The van der Waals surface area contributed by atoms with Crippen molar-refractivity contribution >= 4 is 39.8 Å². The minimum absolute atomic E-state index is 0.0247. The lowest BCUT2D eigenvalue weighted by Crippen LogP contribution is -2.37. The minimum Gasteiger partial charge on any atom is -0.478 e. The van der Waals surface area contributed by atoms with Gasteiger partial charge in [0.25, 0.3) is 0 Å². The number of carboxylic acids is 1. The Balaban J connectivity index is 1.93. The predicted octanol–water partition coefficient (Wildman–Crippen LogP) is 4.67. The molecule has 0 bridgehead atoms. The Morgan fingerprint density at radius 3 is 2.24 bits per heavy atom. The number of hydrogen-bond acceptors (Lipinski definition) is 4. The molecule has 7 heteroatoms. The number of fused-ring (bicyclic) bond motifs is 6. The molecular formula is C27H28BNO4S. The zero-order chi connectivity index (χ0) is 24.6. The summed E-state index contributed by atoms with van der Waals surface area (Å²) >= 11 is 0. The summed E-state index contributed by atoms with van der Waals surface area (Å²) in [4.78, 5) is 29.7. The minimum atomic E-state index is -1.46. The van der Waals surface area contributed by atoms with Crippen LogP contribution in [0.2, 0.25) is 13.6 Å². The zero-order valence-corrected chi connectivity index (χ0v) is 21.1. The first-order valence-electron chi connectivity index (χ1n) is 11.3. The third-order valence-corrected chi connectivity index (χ3v) is 10.0. The van der Waals surface area contributed by atoms with Crippen LogP contribution < -0.4 is 10.4 Å². The number of carbonyl (C=O) groups is 2. The standard InChI is InChI=1S/C27H28BNO4S/c1-28(2)16-10-12-19-22(14-16)34(5,6)23-15-17(29(3)4)11-13-20(23)27(19)21-9-7-8-18(25(30)31)24(21)26(32)33-27/h7-15H,1-6H3,(H,30,31). The fraction of sp³-hybridized carbons (Fsp3) is 0.259. The van der Waals surface area contributed by atoms with Gasteiger partial charge in [0, 0.05) is 46.3 Å². The van der Waals surface area contributed by atoms with Crippen molar-refractivity contribution in [3.05, 3.63) is 82.4 Å². The summed E-state index contributed by atoms with van der Waals surface area (Å²) in [7, 11) is 2.57. The number of esters is 1. The van der Waals surface area contributed by atoms with E-state index in [0.29, 0.717) is 12.3 Å². The fourth-order valence-corrected chi connectivity index (χ4v) is 7.87. The van der Waals surface area contributed by atoms with E-state index in [2.05, 4.69) is 61.4 Å². The highest BCUT2D eigenvalue weighted by molar-refractivity contribution is 8.32. The Bertz CT molecular complexity index is 1320. The second-order valence-electron chi connectivity index (χ2n) is 9.92. The number of carboxylic acid groups (broad SMARTS) is 1. The maximum atomic E-state index is 13.3. The molecule has 0 fully saturated rings. The monoisotopic (exact) mass is 473 g/mol. The first kappa shape index (κ1) is 22.6. The van der Waals surface area contributed by atoms with Gasteiger partial charge >= 0.3 is 11.9 Å². The Kier molecular flexibility index (Phi) is 4.92. The van der Waals surface area contributed by atoms with Gasteiger partial charge in [0.1, 0.15) is 0 Å². The number of nitrogens with zero attached hydrogens (tertiary/aromatic N) is 1. The summed E-state index contributed by atoms with van der Waals surface area (Å²) in [5, 5.41) is 9.81. The van der Waals surface area contributed by atoms with Crippen molar-refractivity contribution in [3.8, 4) is 0 Å². The molecule has 2 aliphatic rings. The quantitative estimate of drug-likeness (QED) is 0.443. The average Bonchev–Trinajstić information content (AvgIpc) is 3.10. The fourth-order valence-electron chi connectivity index (χ4n) is 5.27. The summed E-state index contributed by atoms with van der Waals surface area (Å²) in [6.07, 6.45) is 4.57. The van der Waals surface area contributed by atoms with Crippen LogP contribution in [0.25, 0.3) is 0 Å². The van der Waals surface area contributed by atoms with Gasteiger partial charge in [-0.1, -0.05) is 55.5 Å². The van der Waals surface area contributed by atoms with Crippen molar-refractivity contribution in [2.45, 2.75) is 29.0 Å². The van der Waals surface area contributed by atoms with Crippen LogP contribution in [0.15, 0.2) is 64.4 Å². The van der Waals surface area contributed by atoms with Crippen molar-refractivity contribution in [2.75, 3.05) is 31.5 Å². The molecule has 0 saturated carbocycles. The lowest BCUT2D eigenvalue weighted by Gasteiger charge is -2.47. The highest BCUT2D eigenvalue weighted by atomic mass is 32.3. The van der Waals surface area contributed by atoms with Crippen LogP contribution >= 0.6 is 10.0 Å². The van der Waals surface area contributed by atoms with Crippen molar-refractivity contribution in [2.24, 2.45) is 0 Å². The topological polar surface area (TPSA) is 66.8 Å². The van der Waals surface area contributed by atoms with Gasteiger partial charge in [0.05, 0.1) is 11.1 Å². The Morgan fingerprint density at radius 1 is 0.971 bits per heavy atom. The zero-order valence-electron chi connectivity index (χ0n) is 20.3. The molecule has 1 unspecified atom stereocenters. The van der Waals surface area contributed by atoms with E-state index in [1.54, 1.807) is 6.07 Å². The van der Waals surface area contributed by atoms with Crippen LogP contribution in [0.4, 0.5) is 5.69 Å². The molecule has 0 amide bonds. The van der Waals surface area contributed by atoms with Crippen molar-refractivity contribution < 1.29 is 19.4 Å². The lowest BCUT2D eigenvalue weighted by molar-refractivity contribution is 0.0230. The number of ether oxygens (including phenoxy) is 1. The molecule has 5 nitrogen and oxygen atoms in total. The van der Waals surface area contributed by atoms with Crippen molar-refractivity contribution in [1.82, 2.24) is 0 Å². The van der Waals surface area contributed by atoms with Gasteiger partial charge in [-0.25, -0.2) is 9.59 Å². The Morgan fingerprint density at radius 2 is 1.62 bits per heavy atom. The van der Waals surface area contributed by atoms with E-state index >= 15 is 0 Å². The van der Waals surface area contributed by atoms with Gasteiger partial charge in [-0.2, -0.15) is 10.0 Å². The predicted molar refractivity (Wildman–Crippen MR) is 139 cm³/mol. The van der Waals surface area contributed by atoms with Gasteiger partial charge in [-0.15, -0.1) is 0 Å². The number of benzene rings is 3. The van der Waals surface area contributed by atoms with Crippen LogP contribution in [0.1, 0.15) is 37.4 Å². The molecule has 0 saturated heterocycles. The largest absolute Gasteiger partial charge is 0.478 e. The van der Waals surface area contributed by atoms with Gasteiger partial charge in [-0.05, 0) is 30.7 Å². The first-order valence-corrected chi connectivity index (χ1v) is 13.7. The van der Waals surface area contributed by atoms with Crippen molar-refractivity contribution in [3.63, 3.8) is 0 Å². The molecule has 5 rings (SSSR count). The molecule has 3 aromatic carbocycles. The molecule has 1 N–H and O–H groups in total. The second kappa shape index (κ2) is 7.41. The maximum Gasteiger partial charge on any atom is 0.341 e. The van der Waals surface area contributed by atoms with E-state index in [1.165, 1.54) is 16.4 Å². The molecule has 174 valence electrons. The van der Waals surface area contributed by atoms with E-state index < -0.39 is 27.6 Å². The van der Waals surface area contributed by atoms with Crippen molar-refractivity contribution in [1.29, 1.82) is 0 Å². The van der Waals surface area contributed by atoms with Gasteiger partial charge in [0.15, 0.2) is 12.3 Å². The summed E-state index contributed by atoms with van der Waals surface area (Å²) in [5.41, 5.74) is 3.69. The molecule has 3 aromatic rings. The second-order valence-corrected chi connectivity index (χ2v) is 13.4. The normalized spacial score (nSPS) is 20.1. The van der Waals surface area contributed by atoms with Crippen LogP contribution in [-0.4, -0.2) is 50.4 Å². The Labute approximate surface area is 202 Å². The van der Waals surface area contributed by atoms with Crippen LogP contribution in [0.3, 0.4) is 0 Å². The summed E-state index contributed by atoms with van der Waals surface area (Å²) < 4.78 is 6.30. The molecule has 1 atom stereocenters. The number of aromatic carboxylic acids is 1. The van der Waals surface area contributed by atoms with Gasteiger partial charge < -0.3 is 14.7 Å². The molecule has 0 radical (unpaired) electrons. The first-order chi connectivity index (χ1) is 16.0. The van der Waals surface area contributed by atoms with E-state index in [4.69, 9.17) is 4.74 Å². The highest BCUT2D eigenvalue weighted by Crippen LogP contribution is 2.68. The van der Waals surface area contributed by atoms with Gasteiger partial charge in [0.2, 0.25) is 0 Å². The van der Waals surface area contributed by atoms with Gasteiger partial charge in [-0.3, -0.25) is 0 Å². The summed E-state index contributed by atoms with van der Waals surface area (Å²) in [5.74, 6) is -1.73. The number of rotatable bonds is 3. The third kappa shape index (κ3) is 2.89. The summed E-state index contributed by atoms with van der Waals surface area (Å²) in [6.45, 7) is 4.69. The van der Waals surface area contributed by atoms with E-state index in [9.17, 15) is 14.7 Å². The molecular weight excluding hydrogens is 445 g/mol. The summed E-state index contributed by atoms with van der Waals surface area (Å²) in [6, 6.07) is 17.7. The molecule has 1 spiro atoms. The van der Waals surface area contributed by atoms with E-state index in [0.717, 1.165) is 21.7 Å². The smallest absolute Gasteiger partial charge is 0.341 e. The number of hydrogen-bond donors (Lipinski definition) is 1. The molecule has 2 aliphatic heterocycles. The number of anilines is 1. The third-order valence-electron chi connectivity index (χ3n) is 7.14. The Hall–Kier alpha value is -3.19. The number of carbonyl (C=O) groups excluding carboxylic acids is 1. The molecule has 34 heavy (non-hydrogen) atoms. The maximum absolute atomic E-state index is 13.3. The average molecular weight is 473 g/mol. The van der Waals surface area contributed by atoms with Crippen LogP contribution in [-0.2, 0) is 10.3 Å². The molecule has 0 aliphatic carbocycles.